The average Bonchev–Trinajstić information content (AvgIpc) is 2.76. The van der Waals surface area contributed by atoms with Gasteiger partial charge in [-0.25, -0.2) is 4.98 Å². The van der Waals surface area contributed by atoms with E-state index in [2.05, 4.69) is 26.0 Å². The quantitative estimate of drug-likeness (QED) is 0.274. The first-order valence-corrected chi connectivity index (χ1v) is 10.5. The molecule has 33 heavy (non-hydrogen) atoms. The Labute approximate surface area is 197 Å². The van der Waals surface area contributed by atoms with E-state index in [4.69, 9.17) is 14.7 Å². The van der Waals surface area contributed by atoms with Crippen LogP contribution in [0.25, 0.3) is 10.9 Å². The first-order valence-electron chi connectivity index (χ1n) is 9.70. The SMILES string of the molecule is COc1cc(C=Nn2c(C(C)(C)C)nc3ccc(Br)cc3c2=O)cc([N+](=O)[O-])c1OCC#N. The Hall–Kier alpha value is -3.78. The van der Waals surface area contributed by atoms with Crippen LogP contribution in [0.2, 0.25) is 0 Å². The molecule has 0 aliphatic heterocycles. The molecule has 1 heterocycles. The maximum Gasteiger partial charge on any atom is 0.315 e. The molecule has 0 saturated carbocycles. The summed E-state index contributed by atoms with van der Waals surface area (Å²) in [4.78, 5) is 28.8. The molecular formula is C22H20BrN5O5. The lowest BCUT2D eigenvalue weighted by Gasteiger charge is -2.20. The molecule has 0 atom stereocenters. The van der Waals surface area contributed by atoms with Crippen LogP contribution in [0.4, 0.5) is 5.69 Å². The smallest absolute Gasteiger partial charge is 0.315 e. The highest BCUT2D eigenvalue weighted by Crippen LogP contribution is 2.38. The van der Waals surface area contributed by atoms with Gasteiger partial charge in [0.1, 0.15) is 11.9 Å². The molecule has 0 aliphatic carbocycles. The number of rotatable bonds is 6. The minimum Gasteiger partial charge on any atom is -0.493 e. The van der Waals surface area contributed by atoms with Crippen molar-refractivity contribution in [2.75, 3.05) is 13.7 Å². The number of hydrogen-bond donors (Lipinski definition) is 0. The summed E-state index contributed by atoms with van der Waals surface area (Å²) in [6, 6.07) is 9.68. The molecular weight excluding hydrogens is 494 g/mol. The fourth-order valence-electron chi connectivity index (χ4n) is 3.09. The molecule has 0 amide bonds. The van der Waals surface area contributed by atoms with Crippen molar-refractivity contribution in [3.8, 4) is 17.6 Å². The maximum absolute atomic E-state index is 13.2. The first kappa shape index (κ1) is 23.9. The average molecular weight is 514 g/mol. The van der Waals surface area contributed by atoms with Crippen LogP contribution in [0.5, 0.6) is 11.5 Å². The number of benzene rings is 2. The van der Waals surface area contributed by atoms with Crippen LogP contribution >= 0.6 is 15.9 Å². The van der Waals surface area contributed by atoms with Crippen LogP contribution in [0.3, 0.4) is 0 Å². The molecule has 170 valence electrons. The summed E-state index contributed by atoms with van der Waals surface area (Å²) in [6.07, 6.45) is 1.31. The molecule has 3 aromatic rings. The molecule has 2 aromatic carbocycles. The number of nitro groups is 1. The van der Waals surface area contributed by atoms with Gasteiger partial charge in [-0.3, -0.25) is 14.9 Å². The molecule has 0 unspecified atom stereocenters. The lowest BCUT2D eigenvalue weighted by atomic mass is 9.95. The number of halogens is 1. The molecule has 0 aliphatic rings. The standard InChI is InChI=1S/C22H20BrN5O5/c1-22(2,3)21-26-16-6-5-14(23)11-15(16)20(29)27(21)25-12-13-9-17(28(30)31)19(33-8-7-24)18(10-13)32-4/h5-6,9-12H,8H2,1-4H3. The van der Waals surface area contributed by atoms with Crippen LogP contribution in [0.1, 0.15) is 32.2 Å². The number of ether oxygens (including phenoxy) is 2. The van der Waals surface area contributed by atoms with Crippen molar-refractivity contribution in [3.63, 3.8) is 0 Å². The minimum atomic E-state index is -0.644. The van der Waals surface area contributed by atoms with Gasteiger partial charge in [-0.05, 0) is 24.3 Å². The molecule has 10 nitrogen and oxygen atoms in total. The lowest BCUT2D eigenvalue weighted by molar-refractivity contribution is -0.385. The van der Waals surface area contributed by atoms with Gasteiger partial charge in [0.05, 0.1) is 29.2 Å². The molecule has 1 aromatic heterocycles. The number of nitriles is 1. The van der Waals surface area contributed by atoms with Crippen molar-refractivity contribution in [1.82, 2.24) is 9.66 Å². The summed E-state index contributed by atoms with van der Waals surface area (Å²) in [6.45, 7) is 5.33. The summed E-state index contributed by atoms with van der Waals surface area (Å²) >= 11 is 3.36. The van der Waals surface area contributed by atoms with E-state index < -0.39 is 16.0 Å². The third-order valence-electron chi connectivity index (χ3n) is 4.56. The van der Waals surface area contributed by atoms with Crippen LogP contribution in [0.15, 0.2) is 44.7 Å². The molecule has 0 bridgehead atoms. The van der Waals surface area contributed by atoms with Crippen molar-refractivity contribution in [2.45, 2.75) is 26.2 Å². The van der Waals surface area contributed by atoms with Gasteiger partial charge in [0.2, 0.25) is 5.75 Å². The zero-order valence-electron chi connectivity index (χ0n) is 18.3. The van der Waals surface area contributed by atoms with E-state index in [1.165, 1.54) is 30.1 Å². The predicted octanol–water partition coefficient (Wildman–Crippen LogP) is 4.16. The Morgan fingerprint density at radius 1 is 1.33 bits per heavy atom. The number of hydrogen-bond acceptors (Lipinski definition) is 8. The number of fused-ring (bicyclic) bond motifs is 1. The Balaban J connectivity index is 2.20. The van der Waals surface area contributed by atoms with Crippen LogP contribution in [-0.4, -0.2) is 34.5 Å². The Morgan fingerprint density at radius 2 is 2.06 bits per heavy atom. The number of aromatic nitrogens is 2. The fourth-order valence-corrected chi connectivity index (χ4v) is 3.45. The molecule has 3 rings (SSSR count). The highest BCUT2D eigenvalue weighted by molar-refractivity contribution is 9.10. The van der Waals surface area contributed by atoms with E-state index in [9.17, 15) is 14.9 Å². The van der Waals surface area contributed by atoms with Crippen LogP contribution < -0.4 is 15.0 Å². The summed E-state index contributed by atoms with van der Waals surface area (Å²) in [5.41, 5.74) is -0.455. The van der Waals surface area contributed by atoms with Gasteiger partial charge in [-0.15, -0.1) is 0 Å². The highest BCUT2D eigenvalue weighted by atomic mass is 79.9. The van der Waals surface area contributed by atoms with Crippen molar-refractivity contribution in [3.05, 3.63) is 66.7 Å². The van der Waals surface area contributed by atoms with E-state index in [1.807, 2.05) is 20.8 Å². The van der Waals surface area contributed by atoms with Gasteiger partial charge in [0.25, 0.3) is 5.56 Å². The second kappa shape index (κ2) is 9.38. The van der Waals surface area contributed by atoms with Gasteiger partial charge in [-0.1, -0.05) is 36.7 Å². The first-order chi connectivity index (χ1) is 15.6. The van der Waals surface area contributed by atoms with E-state index in [0.29, 0.717) is 22.3 Å². The van der Waals surface area contributed by atoms with Gasteiger partial charge in [0.15, 0.2) is 12.4 Å². The molecule has 0 N–H and O–H groups in total. The number of nitro benzene ring substituents is 1. The van der Waals surface area contributed by atoms with Crippen molar-refractivity contribution in [2.24, 2.45) is 5.10 Å². The molecule has 0 spiro atoms. The topological polar surface area (TPSA) is 133 Å². The maximum atomic E-state index is 13.2. The fraction of sp³-hybridized carbons (Fsp3) is 0.273. The largest absolute Gasteiger partial charge is 0.493 e. The van der Waals surface area contributed by atoms with Crippen molar-refractivity contribution in [1.29, 1.82) is 5.26 Å². The predicted molar refractivity (Wildman–Crippen MR) is 126 cm³/mol. The van der Waals surface area contributed by atoms with Gasteiger partial charge >= 0.3 is 5.69 Å². The minimum absolute atomic E-state index is 0.0601. The van der Waals surface area contributed by atoms with Gasteiger partial charge < -0.3 is 9.47 Å². The van der Waals surface area contributed by atoms with Crippen molar-refractivity contribution < 1.29 is 14.4 Å². The van der Waals surface area contributed by atoms with Gasteiger partial charge in [0, 0.05) is 21.5 Å². The van der Waals surface area contributed by atoms with Crippen molar-refractivity contribution >= 4 is 38.7 Å². The lowest BCUT2D eigenvalue weighted by Crippen LogP contribution is -2.29. The second-order valence-corrected chi connectivity index (χ2v) is 8.90. The third kappa shape index (κ3) is 5.01. The summed E-state index contributed by atoms with van der Waals surface area (Å²) in [7, 11) is 1.33. The van der Waals surface area contributed by atoms with E-state index in [1.54, 1.807) is 24.3 Å². The van der Waals surface area contributed by atoms with E-state index in [-0.39, 0.29) is 23.7 Å². The summed E-state index contributed by atoms with van der Waals surface area (Å²) in [5, 5.41) is 25.0. The third-order valence-corrected chi connectivity index (χ3v) is 5.05. The summed E-state index contributed by atoms with van der Waals surface area (Å²) < 4.78 is 12.3. The van der Waals surface area contributed by atoms with E-state index >= 15 is 0 Å². The zero-order valence-corrected chi connectivity index (χ0v) is 19.9. The Kier molecular flexibility index (Phi) is 6.78. The zero-order chi connectivity index (χ0) is 24.3. The van der Waals surface area contributed by atoms with E-state index in [0.717, 1.165) is 4.47 Å². The molecule has 0 radical (unpaired) electrons. The monoisotopic (exact) mass is 513 g/mol. The second-order valence-electron chi connectivity index (χ2n) is 7.98. The normalized spacial score (nSPS) is 11.5. The number of methoxy groups -OCH3 is 1. The highest BCUT2D eigenvalue weighted by Gasteiger charge is 2.24. The molecule has 0 fully saturated rings. The van der Waals surface area contributed by atoms with Gasteiger partial charge in [-0.2, -0.15) is 15.0 Å². The summed E-state index contributed by atoms with van der Waals surface area (Å²) in [5.74, 6) is 0.324. The molecule has 11 heteroatoms. The molecule has 0 saturated heterocycles. The van der Waals surface area contributed by atoms with Crippen LogP contribution in [0, 0.1) is 21.4 Å². The van der Waals surface area contributed by atoms with Crippen LogP contribution in [-0.2, 0) is 5.41 Å². The number of nitrogens with zero attached hydrogens (tertiary/aromatic N) is 5. The Morgan fingerprint density at radius 3 is 2.67 bits per heavy atom. The Bertz CT molecular complexity index is 1370.